The first-order valence-electron chi connectivity index (χ1n) is 8.35. The summed E-state index contributed by atoms with van der Waals surface area (Å²) in [5.74, 6) is 0. The molecule has 0 aliphatic heterocycles. The van der Waals surface area contributed by atoms with E-state index in [1.807, 2.05) is 6.61 Å². The molecule has 0 aliphatic rings. The molecule has 1 heteroatoms. The third kappa shape index (κ3) is 16.0. The molecule has 0 aliphatic carbocycles. The van der Waals surface area contributed by atoms with Crippen LogP contribution in [-0.4, -0.2) is 6.61 Å². The Bertz CT molecular complexity index is 118. The first-order chi connectivity index (χ1) is 8.91. The summed E-state index contributed by atoms with van der Waals surface area (Å²) < 4.78 is 5.35. The predicted octanol–water partition coefficient (Wildman–Crippen LogP) is 6.28. The number of hydrogen-bond acceptors (Lipinski definition) is 1. The van der Waals surface area contributed by atoms with Gasteiger partial charge in [-0.05, 0) is 12.8 Å². The van der Waals surface area contributed by atoms with E-state index in [1.54, 1.807) is 0 Å². The molecular formula is C17H35O. The smallest absolute Gasteiger partial charge is 0.0833 e. The van der Waals surface area contributed by atoms with Crippen LogP contribution in [0.4, 0.5) is 0 Å². The molecule has 0 bridgehead atoms. The van der Waals surface area contributed by atoms with Crippen LogP contribution in [0.3, 0.4) is 0 Å². The first kappa shape index (κ1) is 18.0. The van der Waals surface area contributed by atoms with Crippen molar-refractivity contribution in [2.24, 2.45) is 0 Å². The number of hydrogen-bond donors (Lipinski definition) is 0. The maximum atomic E-state index is 5.35. The largest absolute Gasteiger partial charge is 0.376 e. The van der Waals surface area contributed by atoms with Crippen LogP contribution in [0.2, 0.25) is 0 Å². The Hall–Kier alpha value is -0.0400. The van der Waals surface area contributed by atoms with Crippen LogP contribution in [0.25, 0.3) is 0 Å². The van der Waals surface area contributed by atoms with Crippen LogP contribution in [-0.2, 0) is 4.74 Å². The third-order valence-corrected chi connectivity index (χ3v) is 3.40. The molecule has 0 aromatic rings. The zero-order valence-electron chi connectivity index (χ0n) is 12.9. The summed E-state index contributed by atoms with van der Waals surface area (Å²) in [6, 6.07) is 0. The van der Waals surface area contributed by atoms with E-state index >= 15 is 0 Å². The quantitative estimate of drug-likeness (QED) is 0.313. The van der Waals surface area contributed by atoms with Gasteiger partial charge in [0.2, 0.25) is 0 Å². The molecule has 0 atom stereocenters. The van der Waals surface area contributed by atoms with Gasteiger partial charge in [-0.25, -0.2) is 0 Å². The molecule has 0 N–H and O–H groups in total. The zero-order chi connectivity index (χ0) is 13.3. The minimum absolute atomic E-state index is 0.922. The molecule has 0 spiro atoms. The van der Waals surface area contributed by atoms with Crippen LogP contribution in [0.15, 0.2) is 0 Å². The SMILES string of the molecule is CC[CH]OCCCCCCCCCCCCCC. The second-order valence-electron chi connectivity index (χ2n) is 5.33. The fraction of sp³-hybridized carbons (Fsp3) is 0.941. The first-order valence-corrected chi connectivity index (χ1v) is 8.35. The highest BCUT2D eigenvalue weighted by Crippen LogP contribution is 2.11. The van der Waals surface area contributed by atoms with E-state index in [9.17, 15) is 0 Å². The lowest BCUT2D eigenvalue weighted by molar-refractivity contribution is 0.188. The lowest BCUT2D eigenvalue weighted by Gasteiger charge is -2.03. The third-order valence-electron chi connectivity index (χ3n) is 3.40. The topological polar surface area (TPSA) is 9.23 Å². The average molecular weight is 255 g/mol. The van der Waals surface area contributed by atoms with E-state index < -0.39 is 0 Å². The Morgan fingerprint density at radius 2 is 1.06 bits per heavy atom. The second-order valence-corrected chi connectivity index (χ2v) is 5.33. The molecule has 1 nitrogen and oxygen atoms in total. The molecule has 0 aromatic heterocycles. The normalized spacial score (nSPS) is 11.0. The van der Waals surface area contributed by atoms with Gasteiger partial charge in [-0.3, -0.25) is 0 Å². The van der Waals surface area contributed by atoms with Crippen molar-refractivity contribution in [3.63, 3.8) is 0 Å². The van der Waals surface area contributed by atoms with Gasteiger partial charge in [-0.15, -0.1) is 0 Å². The summed E-state index contributed by atoms with van der Waals surface area (Å²) in [5, 5.41) is 0. The van der Waals surface area contributed by atoms with Crippen LogP contribution < -0.4 is 0 Å². The van der Waals surface area contributed by atoms with Gasteiger partial charge in [-0.1, -0.05) is 84.5 Å². The molecule has 0 saturated carbocycles. The lowest BCUT2D eigenvalue weighted by Crippen LogP contribution is -1.91. The van der Waals surface area contributed by atoms with Gasteiger partial charge in [0.1, 0.15) is 0 Å². The molecule has 0 unspecified atom stereocenters. The molecule has 18 heavy (non-hydrogen) atoms. The Morgan fingerprint density at radius 1 is 0.611 bits per heavy atom. The summed E-state index contributed by atoms with van der Waals surface area (Å²) in [7, 11) is 0. The Morgan fingerprint density at radius 3 is 1.50 bits per heavy atom. The Kier molecular flexibility index (Phi) is 16.9. The fourth-order valence-corrected chi connectivity index (χ4v) is 2.23. The molecule has 1 radical (unpaired) electrons. The van der Waals surface area contributed by atoms with Gasteiger partial charge < -0.3 is 4.74 Å². The van der Waals surface area contributed by atoms with E-state index in [0.29, 0.717) is 0 Å². The van der Waals surface area contributed by atoms with Crippen LogP contribution >= 0.6 is 0 Å². The number of ether oxygens (including phenoxy) is 1. The monoisotopic (exact) mass is 255 g/mol. The van der Waals surface area contributed by atoms with E-state index in [-0.39, 0.29) is 0 Å². The standard InChI is InChI=1S/C17H35O/c1-3-5-6-7-8-9-10-11-12-13-14-15-17-18-16-4-2/h16H,3-15,17H2,1-2H3. The minimum atomic E-state index is 0.922. The van der Waals surface area contributed by atoms with Crippen LogP contribution in [0.5, 0.6) is 0 Å². The predicted molar refractivity (Wildman–Crippen MR) is 81.6 cm³/mol. The summed E-state index contributed by atoms with van der Waals surface area (Å²) in [6.07, 6.45) is 17.9. The van der Waals surface area contributed by atoms with E-state index in [4.69, 9.17) is 4.74 Å². The van der Waals surface area contributed by atoms with Gasteiger partial charge in [-0.2, -0.15) is 0 Å². The Labute approximate surface area is 116 Å². The highest BCUT2D eigenvalue weighted by Gasteiger charge is 1.93. The average Bonchev–Trinajstić information content (AvgIpc) is 2.39. The molecule has 0 heterocycles. The van der Waals surface area contributed by atoms with Gasteiger partial charge in [0.15, 0.2) is 0 Å². The molecule has 0 saturated heterocycles. The number of rotatable bonds is 15. The maximum absolute atomic E-state index is 5.35. The van der Waals surface area contributed by atoms with E-state index in [1.165, 1.54) is 77.0 Å². The van der Waals surface area contributed by atoms with Crippen molar-refractivity contribution < 1.29 is 4.74 Å². The van der Waals surface area contributed by atoms with Crippen molar-refractivity contribution >= 4 is 0 Å². The lowest BCUT2D eigenvalue weighted by atomic mass is 10.1. The molecular weight excluding hydrogens is 220 g/mol. The highest BCUT2D eigenvalue weighted by atomic mass is 16.5. The summed E-state index contributed by atoms with van der Waals surface area (Å²) in [4.78, 5) is 0. The van der Waals surface area contributed by atoms with Crippen molar-refractivity contribution in [3.05, 3.63) is 6.61 Å². The van der Waals surface area contributed by atoms with Crippen LogP contribution in [0, 0.1) is 6.61 Å². The molecule has 0 rings (SSSR count). The van der Waals surface area contributed by atoms with Crippen molar-refractivity contribution in [2.45, 2.75) is 97.3 Å². The molecule has 109 valence electrons. The van der Waals surface area contributed by atoms with E-state index in [0.717, 1.165) is 13.0 Å². The summed E-state index contributed by atoms with van der Waals surface area (Å²) in [6.45, 7) is 7.23. The number of unbranched alkanes of at least 4 members (excludes halogenated alkanes) is 11. The maximum Gasteiger partial charge on any atom is 0.0833 e. The summed E-state index contributed by atoms with van der Waals surface area (Å²) in [5.41, 5.74) is 0. The highest BCUT2D eigenvalue weighted by molar-refractivity contribution is 4.49. The van der Waals surface area contributed by atoms with Crippen molar-refractivity contribution in [2.75, 3.05) is 6.61 Å². The van der Waals surface area contributed by atoms with Gasteiger partial charge in [0.05, 0.1) is 6.61 Å². The van der Waals surface area contributed by atoms with E-state index in [2.05, 4.69) is 13.8 Å². The minimum Gasteiger partial charge on any atom is -0.376 e. The zero-order valence-corrected chi connectivity index (χ0v) is 12.9. The van der Waals surface area contributed by atoms with Gasteiger partial charge >= 0.3 is 0 Å². The van der Waals surface area contributed by atoms with Gasteiger partial charge in [0.25, 0.3) is 0 Å². The van der Waals surface area contributed by atoms with Gasteiger partial charge in [0, 0.05) is 6.61 Å². The van der Waals surface area contributed by atoms with Crippen molar-refractivity contribution in [3.8, 4) is 0 Å². The van der Waals surface area contributed by atoms with Crippen LogP contribution in [0.1, 0.15) is 97.3 Å². The summed E-state index contributed by atoms with van der Waals surface area (Å²) >= 11 is 0. The molecule has 0 amide bonds. The second kappa shape index (κ2) is 17.0. The van der Waals surface area contributed by atoms with Crippen molar-refractivity contribution in [1.82, 2.24) is 0 Å². The molecule has 0 fully saturated rings. The molecule has 0 aromatic carbocycles. The van der Waals surface area contributed by atoms with Crippen molar-refractivity contribution in [1.29, 1.82) is 0 Å². The Balaban J connectivity index is 2.86. The fourth-order valence-electron chi connectivity index (χ4n) is 2.23.